The van der Waals surface area contributed by atoms with Gasteiger partial charge in [-0.1, -0.05) is 0 Å². The molecule has 2 heterocycles. The van der Waals surface area contributed by atoms with Crippen molar-refractivity contribution in [3.8, 4) is 0 Å². The molecule has 1 atom stereocenters. The van der Waals surface area contributed by atoms with Crippen molar-refractivity contribution < 1.29 is 4.79 Å². The van der Waals surface area contributed by atoms with Crippen LogP contribution in [0.1, 0.15) is 10.4 Å². The van der Waals surface area contributed by atoms with E-state index in [-0.39, 0.29) is 24.4 Å². The Bertz CT molecular complexity index is 350. The second-order valence-electron chi connectivity index (χ2n) is 3.52. The summed E-state index contributed by atoms with van der Waals surface area (Å²) in [5, 5.41) is 8.17. The molecular weight excluding hydrogens is 264 g/mol. The zero-order valence-corrected chi connectivity index (χ0v) is 11.4. The van der Waals surface area contributed by atoms with E-state index < -0.39 is 0 Å². The molecule has 0 aromatic carbocycles. The lowest BCUT2D eigenvalue weighted by molar-refractivity contribution is -0.122. The summed E-state index contributed by atoms with van der Waals surface area (Å²) in [6.45, 7) is 2.73. The van der Waals surface area contributed by atoms with Crippen LogP contribution in [0.3, 0.4) is 0 Å². The third-order valence-corrected chi connectivity index (χ3v) is 4.39. The molecule has 6 heteroatoms. The van der Waals surface area contributed by atoms with Crippen molar-refractivity contribution in [3.05, 3.63) is 21.9 Å². The number of carbonyl (C=O) groups excluding carboxylic acids is 1. The van der Waals surface area contributed by atoms with Gasteiger partial charge < -0.3 is 5.32 Å². The van der Waals surface area contributed by atoms with Crippen LogP contribution in [0.5, 0.6) is 0 Å². The van der Waals surface area contributed by atoms with Crippen LogP contribution in [0.25, 0.3) is 0 Å². The van der Waals surface area contributed by atoms with Gasteiger partial charge in [0.2, 0.25) is 5.91 Å². The van der Waals surface area contributed by atoms with E-state index in [1.807, 2.05) is 0 Å². The van der Waals surface area contributed by atoms with Crippen molar-refractivity contribution in [3.63, 3.8) is 0 Å². The predicted octanol–water partition coefficient (Wildman–Crippen LogP) is 1.76. The summed E-state index contributed by atoms with van der Waals surface area (Å²) in [6.07, 6.45) is 0. The average Bonchev–Trinajstić information content (AvgIpc) is 2.85. The van der Waals surface area contributed by atoms with Crippen LogP contribution in [0, 0.1) is 6.92 Å². The first-order valence-corrected chi connectivity index (χ1v) is 6.92. The van der Waals surface area contributed by atoms with E-state index in [1.54, 1.807) is 23.1 Å². The maximum Gasteiger partial charge on any atom is 0.238 e. The minimum Gasteiger partial charge on any atom is -0.350 e. The lowest BCUT2D eigenvalue weighted by Crippen LogP contribution is -2.41. The second-order valence-corrected chi connectivity index (χ2v) is 5.55. The number of aryl methyl sites for hydroxylation is 1. The maximum absolute atomic E-state index is 11.7. The Morgan fingerprint density at radius 1 is 1.69 bits per heavy atom. The number of hydrogen-bond donors (Lipinski definition) is 2. The molecular formula is C10H15ClN2OS2. The summed E-state index contributed by atoms with van der Waals surface area (Å²) < 4.78 is 0. The molecule has 0 radical (unpaired) electrons. The first-order chi connectivity index (χ1) is 7.27. The molecule has 1 amide bonds. The minimum atomic E-state index is -0.00438. The lowest BCUT2D eigenvalue weighted by Gasteiger charge is -2.09. The Labute approximate surface area is 110 Å². The standard InChI is InChI=1S/C10H14N2OS2.ClH/c1-7-2-3-15-9(7)4-11-10(13)8-5-14-6-12-8;/h2-3,8,12H,4-6H2,1H3,(H,11,13);1H/t8-;/m1./s1. The molecule has 1 aliphatic rings. The molecule has 1 aromatic heterocycles. The van der Waals surface area contributed by atoms with E-state index in [4.69, 9.17) is 0 Å². The highest BCUT2D eigenvalue weighted by atomic mass is 35.5. The molecule has 0 saturated carbocycles. The van der Waals surface area contributed by atoms with Gasteiger partial charge >= 0.3 is 0 Å². The van der Waals surface area contributed by atoms with E-state index in [9.17, 15) is 4.79 Å². The first-order valence-electron chi connectivity index (χ1n) is 4.89. The molecule has 0 aliphatic carbocycles. The largest absolute Gasteiger partial charge is 0.350 e. The Morgan fingerprint density at radius 3 is 3.06 bits per heavy atom. The Morgan fingerprint density at radius 2 is 2.50 bits per heavy atom. The number of carbonyl (C=O) groups is 1. The zero-order valence-electron chi connectivity index (χ0n) is 8.99. The van der Waals surface area contributed by atoms with Gasteiger partial charge in [0.05, 0.1) is 12.6 Å². The summed E-state index contributed by atoms with van der Waals surface area (Å²) in [5.41, 5.74) is 1.26. The molecule has 2 rings (SSSR count). The normalized spacial score (nSPS) is 19.2. The molecule has 90 valence electrons. The Balaban J connectivity index is 0.00000128. The SMILES string of the molecule is Cc1ccsc1CNC(=O)[C@H]1CSCN1.Cl. The predicted molar refractivity (Wildman–Crippen MR) is 72.4 cm³/mol. The van der Waals surface area contributed by atoms with Gasteiger partial charge in [-0.25, -0.2) is 0 Å². The maximum atomic E-state index is 11.7. The highest BCUT2D eigenvalue weighted by Gasteiger charge is 2.21. The van der Waals surface area contributed by atoms with Gasteiger partial charge in [-0.2, -0.15) is 0 Å². The fourth-order valence-corrected chi connectivity index (χ4v) is 3.23. The van der Waals surface area contributed by atoms with Crippen LogP contribution < -0.4 is 10.6 Å². The van der Waals surface area contributed by atoms with Crippen LogP contribution in [0.15, 0.2) is 11.4 Å². The number of thioether (sulfide) groups is 1. The highest BCUT2D eigenvalue weighted by molar-refractivity contribution is 7.99. The molecule has 0 unspecified atom stereocenters. The minimum absolute atomic E-state index is 0. The summed E-state index contributed by atoms with van der Waals surface area (Å²) >= 11 is 3.46. The Kier molecular flexibility index (Phi) is 5.61. The van der Waals surface area contributed by atoms with Gasteiger partial charge in [-0.3, -0.25) is 10.1 Å². The van der Waals surface area contributed by atoms with Gasteiger partial charge in [0.15, 0.2) is 0 Å². The monoisotopic (exact) mass is 278 g/mol. The van der Waals surface area contributed by atoms with Crippen LogP contribution in [0.4, 0.5) is 0 Å². The Hall–Kier alpha value is -0.230. The van der Waals surface area contributed by atoms with E-state index in [2.05, 4.69) is 29.0 Å². The van der Waals surface area contributed by atoms with Crippen molar-refractivity contribution in [2.75, 3.05) is 11.6 Å². The number of amides is 1. The zero-order chi connectivity index (χ0) is 10.7. The van der Waals surface area contributed by atoms with Crippen LogP contribution >= 0.6 is 35.5 Å². The smallest absolute Gasteiger partial charge is 0.238 e. The van der Waals surface area contributed by atoms with E-state index in [1.165, 1.54) is 10.4 Å². The fraction of sp³-hybridized carbons (Fsp3) is 0.500. The second kappa shape index (κ2) is 6.49. The van der Waals surface area contributed by atoms with Gasteiger partial charge in [0.25, 0.3) is 0 Å². The highest BCUT2D eigenvalue weighted by Crippen LogP contribution is 2.15. The summed E-state index contributed by atoms with van der Waals surface area (Å²) in [5.74, 6) is 1.89. The van der Waals surface area contributed by atoms with Gasteiger partial charge in [0.1, 0.15) is 0 Å². The van der Waals surface area contributed by atoms with Crippen LogP contribution in [0.2, 0.25) is 0 Å². The fourth-order valence-electron chi connectivity index (χ4n) is 1.44. The average molecular weight is 279 g/mol. The van der Waals surface area contributed by atoms with Crippen molar-refractivity contribution in [2.24, 2.45) is 0 Å². The molecule has 1 aromatic rings. The molecule has 2 N–H and O–H groups in total. The van der Waals surface area contributed by atoms with Crippen LogP contribution in [-0.4, -0.2) is 23.6 Å². The summed E-state index contributed by atoms with van der Waals surface area (Å²) in [7, 11) is 0. The lowest BCUT2D eigenvalue weighted by atomic mass is 10.2. The third kappa shape index (κ3) is 3.38. The number of nitrogens with one attached hydrogen (secondary N) is 2. The number of thiophene rings is 1. The van der Waals surface area contributed by atoms with E-state index in [0.717, 1.165) is 11.6 Å². The van der Waals surface area contributed by atoms with E-state index >= 15 is 0 Å². The number of rotatable bonds is 3. The van der Waals surface area contributed by atoms with Gasteiger partial charge in [-0.15, -0.1) is 35.5 Å². The van der Waals surface area contributed by atoms with Crippen molar-refractivity contribution in [2.45, 2.75) is 19.5 Å². The molecule has 1 aliphatic heterocycles. The molecule has 1 saturated heterocycles. The topological polar surface area (TPSA) is 41.1 Å². The van der Waals surface area contributed by atoms with Crippen molar-refractivity contribution in [1.82, 2.24) is 10.6 Å². The summed E-state index contributed by atoms with van der Waals surface area (Å²) in [6, 6.07) is 2.07. The number of halogens is 1. The van der Waals surface area contributed by atoms with Crippen molar-refractivity contribution in [1.29, 1.82) is 0 Å². The number of hydrogen-bond acceptors (Lipinski definition) is 4. The van der Waals surface area contributed by atoms with Crippen LogP contribution in [-0.2, 0) is 11.3 Å². The first kappa shape index (κ1) is 13.8. The van der Waals surface area contributed by atoms with Gasteiger partial charge in [-0.05, 0) is 23.9 Å². The van der Waals surface area contributed by atoms with Gasteiger partial charge in [0, 0.05) is 16.5 Å². The molecule has 16 heavy (non-hydrogen) atoms. The molecule has 1 fully saturated rings. The third-order valence-electron chi connectivity index (χ3n) is 2.42. The van der Waals surface area contributed by atoms with Crippen molar-refractivity contribution >= 4 is 41.4 Å². The molecule has 3 nitrogen and oxygen atoms in total. The van der Waals surface area contributed by atoms with E-state index in [0.29, 0.717) is 6.54 Å². The quantitative estimate of drug-likeness (QED) is 0.885. The summed E-state index contributed by atoms with van der Waals surface area (Å²) in [4.78, 5) is 12.9. The molecule has 0 bridgehead atoms. The molecule has 0 spiro atoms.